The summed E-state index contributed by atoms with van der Waals surface area (Å²) in [4.78, 5) is 12.7. The largest absolute Gasteiger partial charge is 0.383 e. The normalized spacial score (nSPS) is 14.1. The average molecular weight is 332 g/mol. The predicted octanol–water partition coefficient (Wildman–Crippen LogP) is 5.03. The first kappa shape index (κ1) is 15.9. The van der Waals surface area contributed by atoms with Gasteiger partial charge in [-0.1, -0.05) is 30.3 Å². The van der Waals surface area contributed by atoms with Crippen LogP contribution in [0.3, 0.4) is 0 Å². The fraction of sp³-hybridized carbons (Fsp3) is 0.318. The third-order valence-corrected chi connectivity index (χ3v) is 4.90. The molecule has 3 heteroatoms. The van der Waals surface area contributed by atoms with Gasteiger partial charge in [-0.3, -0.25) is 4.79 Å². The molecule has 0 radical (unpaired) electrons. The van der Waals surface area contributed by atoms with Crippen molar-refractivity contribution in [3.63, 3.8) is 0 Å². The molecule has 1 aliphatic carbocycles. The van der Waals surface area contributed by atoms with Crippen LogP contribution in [0.5, 0.6) is 0 Å². The summed E-state index contributed by atoms with van der Waals surface area (Å²) in [5, 5.41) is 4.71. The number of benzene rings is 2. The van der Waals surface area contributed by atoms with Crippen molar-refractivity contribution in [3.8, 4) is 0 Å². The third-order valence-electron chi connectivity index (χ3n) is 4.90. The molecule has 0 atom stereocenters. The molecule has 0 bridgehead atoms. The minimum absolute atomic E-state index is 0.284. The molecule has 0 unspecified atom stereocenters. The molecular formula is C22H24N2O. The number of Topliss-reactive ketones (excluding diaryl/α,β-unsaturated/α-hetero) is 1. The molecule has 0 saturated heterocycles. The Balaban J connectivity index is 1.88. The lowest BCUT2D eigenvalue weighted by atomic mass is 9.94. The lowest BCUT2D eigenvalue weighted by Crippen LogP contribution is -2.15. The summed E-state index contributed by atoms with van der Waals surface area (Å²) in [7, 11) is 0. The second-order valence-electron chi connectivity index (χ2n) is 7.21. The summed E-state index contributed by atoms with van der Waals surface area (Å²) in [6.07, 6.45) is 2.61. The number of nitrogens with zero attached hydrogens (tertiary/aromatic N) is 1. The number of anilines is 1. The van der Waals surface area contributed by atoms with E-state index in [0.717, 1.165) is 30.8 Å². The molecule has 1 aliphatic rings. The zero-order valence-corrected chi connectivity index (χ0v) is 14.9. The summed E-state index contributed by atoms with van der Waals surface area (Å²) in [6, 6.07) is 17.3. The summed E-state index contributed by atoms with van der Waals surface area (Å²) in [5.41, 5.74) is 5.67. The summed E-state index contributed by atoms with van der Waals surface area (Å²) in [5.74, 6) is 0.284. The average Bonchev–Trinajstić information content (AvgIpc) is 2.90. The van der Waals surface area contributed by atoms with E-state index in [0.29, 0.717) is 12.5 Å². The maximum atomic E-state index is 12.7. The topological polar surface area (TPSA) is 34.0 Å². The number of carbonyl (C=O) groups excluding carboxylic acids is 1. The van der Waals surface area contributed by atoms with Crippen molar-refractivity contribution in [3.05, 3.63) is 65.4 Å². The molecular weight excluding hydrogens is 308 g/mol. The smallest absolute Gasteiger partial charge is 0.179 e. The Labute approximate surface area is 148 Å². The van der Waals surface area contributed by atoms with Crippen molar-refractivity contribution in [1.29, 1.82) is 0 Å². The SMILES string of the molecule is CC(C)Nc1ccc2c(c1)c1c(n2Cc2ccccc2)C(=O)CCC1. The molecule has 0 fully saturated rings. The van der Waals surface area contributed by atoms with E-state index in [2.05, 4.69) is 66.2 Å². The number of hydrogen-bond donors (Lipinski definition) is 1. The Bertz CT molecular complexity index is 922. The van der Waals surface area contributed by atoms with E-state index < -0.39 is 0 Å². The molecule has 4 rings (SSSR count). The van der Waals surface area contributed by atoms with E-state index in [-0.39, 0.29) is 5.78 Å². The number of aromatic nitrogens is 1. The predicted molar refractivity (Wildman–Crippen MR) is 104 cm³/mol. The number of rotatable bonds is 4. The first-order valence-electron chi connectivity index (χ1n) is 9.12. The number of ketones is 1. The fourth-order valence-electron chi connectivity index (χ4n) is 3.89. The highest BCUT2D eigenvalue weighted by atomic mass is 16.1. The van der Waals surface area contributed by atoms with E-state index >= 15 is 0 Å². The van der Waals surface area contributed by atoms with E-state index in [1.165, 1.54) is 22.0 Å². The van der Waals surface area contributed by atoms with E-state index in [9.17, 15) is 4.79 Å². The van der Waals surface area contributed by atoms with E-state index in [1.807, 2.05) is 6.07 Å². The Hall–Kier alpha value is -2.55. The van der Waals surface area contributed by atoms with Gasteiger partial charge in [0.05, 0.1) is 5.69 Å². The summed E-state index contributed by atoms with van der Waals surface area (Å²) < 4.78 is 2.22. The lowest BCUT2D eigenvalue weighted by Gasteiger charge is -2.15. The summed E-state index contributed by atoms with van der Waals surface area (Å²) >= 11 is 0. The third kappa shape index (κ3) is 2.95. The second kappa shape index (κ2) is 6.40. The molecule has 0 amide bonds. The Morgan fingerprint density at radius 1 is 1.08 bits per heavy atom. The minimum atomic E-state index is 0.284. The van der Waals surface area contributed by atoms with Gasteiger partial charge in [0.2, 0.25) is 0 Å². The molecule has 25 heavy (non-hydrogen) atoms. The molecule has 1 heterocycles. The van der Waals surface area contributed by atoms with Crippen LogP contribution in [0.15, 0.2) is 48.5 Å². The molecule has 3 nitrogen and oxygen atoms in total. The van der Waals surface area contributed by atoms with Crippen molar-refractivity contribution in [2.75, 3.05) is 5.32 Å². The number of aryl methyl sites for hydroxylation is 1. The second-order valence-corrected chi connectivity index (χ2v) is 7.21. The van der Waals surface area contributed by atoms with Crippen LogP contribution in [-0.4, -0.2) is 16.4 Å². The van der Waals surface area contributed by atoms with Crippen LogP contribution in [0.25, 0.3) is 10.9 Å². The van der Waals surface area contributed by atoms with Crippen LogP contribution in [0.4, 0.5) is 5.69 Å². The standard InChI is InChI=1S/C22H24N2O/c1-15(2)23-17-11-12-20-19(13-17)18-9-6-10-21(25)22(18)24(20)14-16-7-4-3-5-8-16/h3-5,7-8,11-13,15,23H,6,9-10,14H2,1-2H3. The Kier molecular flexibility index (Phi) is 4.08. The van der Waals surface area contributed by atoms with Gasteiger partial charge in [-0.15, -0.1) is 0 Å². The molecule has 128 valence electrons. The fourth-order valence-corrected chi connectivity index (χ4v) is 3.89. The number of carbonyl (C=O) groups is 1. The van der Waals surface area contributed by atoms with Crippen LogP contribution in [-0.2, 0) is 13.0 Å². The lowest BCUT2D eigenvalue weighted by molar-refractivity contribution is 0.0964. The molecule has 0 spiro atoms. The van der Waals surface area contributed by atoms with Crippen molar-refractivity contribution in [2.24, 2.45) is 0 Å². The van der Waals surface area contributed by atoms with Crippen molar-refractivity contribution >= 4 is 22.4 Å². The van der Waals surface area contributed by atoms with Crippen LogP contribution < -0.4 is 5.32 Å². The van der Waals surface area contributed by atoms with Crippen LogP contribution in [0.2, 0.25) is 0 Å². The van der Waals surface area contributed by atoms with Gasteiger partial charge in [0.1, 0.15) is 0 Å². The monoisotopic (exact) mass is 332 g/mol. The maximum Gasteiger partial charge on any atom is 0.179 e. The highest BCUT2D eigenvalue weighted by molar-refractivity contribution is 6.04. The molecule has 3 aromatic rings. The quantitative estimate of drug-likeness (QED) is 0.727. The number of nitrogens with one attached hydrogen (secondary N) is 1. The zero-order chi connectivity index (χ0) is 17.4. The first-order valence-corrected chi connectivity index (χ1v) is 9.12. The van der Waals surface area contributed by atoms with Crippen molar-refractivity contribution in [1.82, 2.24) is 4.57 Å². The summed E-state index contributed by atoms with van der Waals surface area (Å²) in [6.45, 7) is 5.03. The number of fused-ring (bicyclic) bond motifs is 3. The zero-order valence-electron chi connectivity index (χ0n) is 14.9. The van der Waals surface area contributed by atoms with Gasteiger partial charge in [-0.05, 0) is 56.0 Å². The van der Waals surface area contributed by atoms with Crippen LogP contribution in [0, 0.1) is 0 Å². The maximum absolute atomic E-state index is 12.7. The number of hydrogen-bond acceptors (Lipinski definition) is 2. The van der Waals surface area contributed by atoms with Gasteiger partial charge >= 0.3 is 0 Å². The van der Waals surface area contributed by atoms with Crippen molar-refractivity contribution < 1.29 is 4.79 Å². The van der Waals surface area contributed by atoms with Crippen LogP contribution >= 0.6 is 0 Å². The van der Waals surface area contributed by atoms with E-state index in [1.54, 1.807) is 0 Å². The first-order chi connectivity index (χ1) is 12.1. The van der Waals surface area contributed by atoms with Gasteiger partial charge in [-0.25, -0.2) is 0 Å². The van der Waals surface area contributed by atoms with Gasteiger partial charge in [-0.2, -0.15) is 0 Å². The Morgan fingerprint density at radius 2 is 1.88 bits per heavy atom. The molecule has 1 aromatic heterocycles. The van der Waals surface area contributed by atoms with Gasteiger partial charge in [0.15, 0.2) is 5.78 Å². The van der Waals surface area contributed by atoms with Crippen molar-refractivity contribution in [2.45, 2.75) is 45.7 Å². The molecule has 1 N–H and O–H groups in total. The van der Waals surface area contributed by atoms with Gasteiger partial charge < -0.3 is 9.88 Å². The van der Waals surface area contributed by atoms with Gasteiger partial charge in [0, 0.05) is 35.6 Å². The highest BCUT2D eigenvalue weighted by Crippen LogP contribution is 2.34. The Morgan fingerprint density at radius 3 is 2.64 bits per heavy atom. The van der Waals surface area contributed by atoms with Gasteiger partial charge in [0.25, 0.3) is 0 Å². The highest BCUT2D eigenvalue weighted by Gasteiger charge is 2.26. The molecule has 0 saturated carbocycles. The molecule has 2 aromatic carbocycles. The van der Waals surface area contributed by atoms with E-state index in [4.69, 9.17) is 0 Å². The minimum Gasteiger partial charge on any atom is -0.383 e. The van der Waals surface area contributed by atoms with Crippen LogP contribution in [0.1, 0.15) is 48.3 Å². The molecule has 0 aliphatic heterocycles.